The minimum atomic E-state index is -0.462. The normalized spacial score (nSPS) is 12.9. The van der Waals surface area contributed by atoms with Crippen molar-refractivity contribution >= 4 is 0 Å². The lowest BCUT2D eigenvalue weighted by atomic mass is 10.2. The summed E-state index contributed by atoms with van der Waals surface area (Å²) in [4.78, 5) is 3.81. The first-order valence-corrected chi connectivity index (χ1v) is 3.25. The second kappa shape index (κ2) is 3.32. The fourth-order valence-corrected chi connectivity index (χ4v) is 0.710. The fourth-order valence-electron chi connectivity index (χ4n) is 0.710. The molecule has 0 fully saturated rings. The Morgan fingerprint density at radius 1 is 1.55 bits per heavy atom. The highest BCUT2D eigenvalue weighted by atomic mass is 16.3. The van der Waals surface area contributed by atoms with Crippen molar-refractivity contribution in [3.05, 3.63) is 24.0 Å². The Bertz CT molecular complexity index is 222. The summed E-state index contributed by atoms with van der Waals surface area (Å²) in [6, 6.07) is 2.60. The van der Waals surface area contributed by atoms with E-state index >= 15 is 0 Å². The van der Waals surface area contributed by atoms with Crippen LogP contribution in [0.2, 0.25) is 0 Å². The number of nitrogens with zero attached hydrogens (tertiary/aromatic N) is 1. The van der Waals surface area contributed by atoms with Gasteiger partial charge in [-0.25, -0.2) is 0 Å². The predicted molar refractivity (Wildman–Crippen MR) is 39.9 cm³/mol. The van der Waals surface area contributed by atoms with Crippen molar-refractivity contribution in [2.24, 2.45) is 5.73 Å². The highest BCUT2D eigenvalue weighted by molar-refractivity contribution is 5.19. The Hall–Kier alpha value is -1.13. The Balaban J connectivity index is 2.81. The molecule has 0 radical (unpaired) electrons. The summed E-state index contributed by atoms with van der Waals surface area (Å²) in [5.74, 6) is 0.0962. The molecule has 4 heteroatoms. The van der Waals surface area contributed by atoms with Crippen LogP contribution in [0, 0.1) is 0 Å². The number of aliphatic hydroxyl groups is 1. The Kier molecular flexibility index (Phi) is 2.40. The summed E-state index contributed by atoms with van der Waals surface area (Å²) >= 11 is 0. The Morgan fingerprint density at radius 2 is 2.27 bits per heavy atom. The van der Waals surface area contributed by atoms with Crippen molar-refractivity contribution in [1.82, 2.24) is 4.98 Å². The molecule has 0 aliphatic rings. The van der Waals surface area contributed by atoms with Gasteiger partial charge in [0.05, 0.1) is 24.5 Å². The largest absolute Gasteiger partial charge is 0.506 e. The van der Waals surface area contributed by atoms with Crippen LogP contribution in [0.25, 0.3) is 0 Å². The van der Waals surface area contributed by atoms with Crippen LogP contribution in [-0.4, -0.2) is 21.8 Å². The van der Waals surface area contributed by atoms with E-state index in [4.69, 9.17) is 15.9 Å². The van der Waals surface area contributed by atoms with Gasteiger partial charge in [-0.1, -0.05) is 0 Å². The quantitative estimate of drug-likeness (QED) is 0.550. The van der Waals surface area contributed by atoms with E-state index in [-0.39, 0.29) is 12.4 Å². The molecule has 0 saturated carbocycles. The second-order valence-electron chi connectivity index (χ2n) is 2.23. The topological polar surface area (TPSA) is 79.4 Å². The van der Waals surface area contributed by atoms with Crippen LogP contribution < -0.4 is 5.73 Å². The van der Waals surface area contributed by atoms with Crippen molar-refractivity contribution in [2.75, 3.05) is 6.61 Å². The van der Waals surface area contributed by atoms with E-state index < -0.39 is 6.04 Å². The number of aromatic nitrogens is 1. The van der Waals surface area contributed by atoms with E-state index in [1.54, 1.807) is 6.07 Å². The molecule has 11 heavy (non-hydrogen) atoms. The molecular weight excluding hydrogens is 144 g/mol. The van der Waals surface area contributed by atoms with Gasteiger partial charge in [0.2, 0.25) is 0 Å². The van der Waals surface area contributed by atoms with E-state index in [9.17, 15) is 0 Å². The zero-order valence-corrected chi connectivity index (χ0v) is 5.94. The molecule has 4 nitrogen and oxygen atoms in total. The standard InChI is InChI=1S/C7H10N2O2/c8-6(4-10)7-2-1-5(11)3-9-7/h1-3,6,10-11H,4,8H2. The molecule has 0 aliphatic carbocycles. The van der Waals surface area contributed by atoms with E-state index in [1.165, 1.54) is 12.3 Å². The number of hydrogen-bond acceptors (Lipinski definition) is 4. The summed E-state index contributed by atoms with van der Waals surface area (Å²) in [6.45, 7) is -0.141. The van der Waals surface area contributed by atoms with Crippen molar-refractivity contribution < 1.29 is 10.2 Å². The van der Waals surface area contributed by atoms with Gasteiger partial charge in [0.1, 0.15) is 5.75 Å². The molecule has 60 valence electrons. The van der Waals surface area contributed by atoms with Gasteiger partial charge in [-0.15, -0.1) is 0 Å². The highest BCUT2D eigenvalue weighted by Gasteiger charge is 2.04. The van der Waals surface area contributed by atoms with Gasteiger partial charge in [-0.2, -0.15) is 0 Å². The van der Waals surface area contributed by atoms with Crippen molar-refractivity contribution in [3.8, 4) is 5.75 Å². The summed E-state index contributed by atoms with van der Waals surface area (Å²) in [7, 11) is 0. The van der Waals surface area contributed by atoms with Gasteiger partial charge >= 0.3 is 0 Å². The third-order valence-electron chi connectivity index (χ3n) is 1.35. The number of rotatable bonds is 2. The van der Waals surface area contributed by atoms with Gasteiger partial charge in [0, 0.05) is 0 Å². The van der Waals surface area contributed by atoms with Gasteiger partial charge < -0.3 is 15.9 Å². The molecule has 1 atom stereocenters. The van der Waals surface area contributed by atoms with Crippen LogP contribution in [0.15, 0.2) is 18.3 Å². The third kappa shape index (κ3) is 1.89. The summed E-state index contributed by atoms with van der Waals surface area (Å²) in [5.41, 5.74) is 6.02. The molecular formula is C7H10N2O2. The maximum absolute atomic E-state index is 8.85. The highest BCUT2D eigenvalue weighted by Crippen LogP contribution is 2.10. The zero-order valence-electron chi connectivity index (χ0n) is 5.94. The molecule has 0 bridgehead atoms. The second-order valence-corrected chi connectivity index (χ2v) is 2.23. The molecule has 4 N–H and O–H groups in total. The monoisotopic (exact) mass is 154 g/mol. The van der Waals surface area contributed by atoms with Crippen LogP contribution in [0.1, 0.15) is 11.7 Å². The molecule has 1 aromatic rings. The number of hydrogen-bond donors (Lipinski definition) is 3. The Morgan fingerprint density at radius 3 is 2.73 bits per heavy atom. The summed E-state index contributed by atoms with van der Waals surface area (Å²) in [5, 5.41) is 17.5. The van der Waals surface area contributed by atoms with Crippen LogP contribution in [-0.2, 0) is 0 Å². The molecule has 0 spiro atoms. The summed E-state index contributed by atoms with van der Waals surface area (Å²) < 4.78 is 0. The fraction of sp³-hybridized carbons (Fsp3) is 0.286. The lowest BCUT2D eigenvalue weighted by molar-refractivity contribution is 0.265. The molecule has 0 aromatic carbocycles. The Labute approximate surface area is 64.3 Å². The van der Waals surface area contributed by atoms with Gasteiger partial charge in [-0.3, -0.25) is 4.98 Å². The zero-order chi connectivity index (χ0) is 8.27. The lowest BCUT2D eigenvalue weighted by Crippen LogP contribution is -2.15. The van der Waals surface area contributed by atoms with E-state index in [2.05, 4.69) is 4.98 Å². The first kappa shape index (κ1) is 7.97. The van der Waals surface area contributed by atoms with E-state index in [0.29, 0.717) is 5.69 Å². The molecule has 0 amide bonds. The van der Waals surface area contributed by atoms with Gasteiger partial charge in [0.15, 0.2) is 0 Å². The van der Waals surface area contributed by atoms with E-state index in [0.717, 1.165) is 0 Å². The van der Waals surface area contributed by atoms with Crippen LogP contribution >= 0.6 is 0 Å². The predicted octanol–water partition coefficient (Wildman–Crippen LogP) is -0.221. The number of aliphatic hydroxyl groups excluding tert-OH is 1. The molecule has 0 saturated heterocycles. The first-order valence-electron chi connectivity index (χ1n) is 3.25. The number of aromatic hydroxyl groups is 1. The molecule has 0 aliphatic heterocycles. The number of pyridine rings is 1. The van der Waals surface area contributed by atoms with Crippen LogP contribution in [0.5, 0.6) is 5.75 Å². The van der Waals surface area contributed by atoms with E-state index in [1.807, 2.05) is 0 Å². The maximum Gasteiger partial charge on any atom is 0.133 e. The van der Waals surface area contributed by atoms with Crippen molar-refractivity contribution in [1.29, 1.82) is 0 Å². The van der Waals surface area contributed by atoms with Crippen molar-refractivity contribution in [2.45, 2.75) is 6.04 Å². The number of nitrogens with two attached hydrogens (primary N) is 1. The lowest BCUT2D eigenvalue weighted by Gasteiger charge is -2.05. The summed E-state index contributed by atoms with van der Waals surface area (Å²) in [6.07, 6.45) is 1.30. The SMILES string of the molecule is NC(CO)c1ccc(O)cn1. The maximum atomic E-state index is 8.85. The molecule has 1 aromatic heterocycles. The van der Waals surface area contributed by atoms with Crippen LogP contribution in [0.3, 0.4) is 0 Å². The average Bonchev–Trinajstić information content (AvgIpc) is 2.05. The smallest absolute Gasteiger partial charge is 0.133 e. The third-order valence-corrected chi connectivity index (χ3v) is 1.35. The van der Waals surface area contributed by atoms with Gasteiger partial charge in [-0.05, 0) is 12.1 Å². The minimum Gasteiger partial charge on any atom is -0.506 e. The van der Waals surface area contributed by atoms with Gasteiger partial charge in [0.25, 0.3) is 0 Å². The molecule has 1 unspecified atom stereocenters. The van der Waals surface area contributed by atoms with Crippen molar-refractivity contribution in [3.63, 3.8) is 0 Å². The first-order chi connectivity index (χ1) is 5.24. The average molecular weight is 154 g/mol. The molecule has 1 heterocycles. The van der Waals surface area contributed by atoms with Crippen LogP contribution in [0.4, 0.5) is 0 Å². The molecule has 1 rings (SSSR count). The minimum absolute atomic E-state index is 0.0962.